The molecule has 40 heavy (non-hydrogen) atoms. The third-order valence-electron chi connectivity index (χ3n) is 6.27. The molecule has 0 unspecified atom stereocenters. The molecule has 0 saturated heterocycles. The van der Waals surface area contributed by atoms with Crippen LogP contribution in [0.2, 0.25) is 0 Å². The summed E-state index contributed by atoms with van der Waals surface area (Å²) in [5.74, 6) is 2.55. The summed E-state index contributed by atoms with van der Waals surface area (Å²) in [5, 5.41) is 4.22. The fourth-order valence-corrected chi connectivity index (χ4v) is 4.10. The first-order valence-corrected chi connectivity index (χ1v) is 13.0. The third kappa shape index (κ3) is 6.63. The Labute approximate surface area is 234 Å². The second-order valence-electron chi connectivity index (χ2n) is 9.29. The number of hydrogen-bond acceptors (Lipinski definition) is 9. The van der Waals surface area contributed by atoms with E-state index in [1.54, 1.807) is 38.4 Å². The van der Waals surface area contributed by atoms with Crippen LogP contribution in [0.5, 0.6) is 17.4 Å². The highest BCUT2D eigenvalue weighted by Gasteiger charge is 2.13. The first-order chi connectivity index (χ1) is 19.3. The maximum Gasteiger partial charge on any atom is 0.216 e. The Morgan fingerprint density at radius 3 is 2.17 bits per heavy atom. The lowest BCUT2D eigenvalue weighted by Gasteiger charge is -2.24. The molecule has 0 radical (unpaired) electrons. The van der Waals surface area contributed by atoms with Crippen LogP contribution in [-0.2, 0) is 7.05 Å². The van der Waals surface area contributed by atoms with Gasteiger partial charge in [0.2, 0.25) is 5.88 Å². The Morgan fingerprint density at radius 1 is 0.825 bits per heavy atom. The number of fused-ring (bicyclic) bond motifs is 1. The van der Waals surface area contributed by atoms with E-state index in [-0.39, 0.29) is 0 Å². The van der Waals surface area contributed by atoms with Crippen LogP contribution in [0.1, 0.15) is 32.4 Å². The van der Waals surface area contributed by atoms with Crippen LogP contribution >= 0.6 is 0 Å². The van der Waals surface area contributed by atoms with Crippen molar-refractivity contribution in [2.75, 3.05) is 32.8 Å². The van der Waals surface area contributed by atoms with Gasteiger partial charge in [0.1, 0.15) is 17.8 Å². The molecule has 5 aromatic rings. The quantitative estimate of drug-likeness (QED) is 0.241. The molecular weight excluding hydrogens is 506 g/mol. The number of aryl methyl sites for hydroxylation is 1. The fraction of sp³-hybridized carbons (Fsp3) is 0.300. The van der Waals surface area contributed by atoms with Crippen LogP contribution in [0.4, 0.5) is 11.4 Å². The van der Waals surface area contributed by atoms with Gasteiger partial charge < -0.3 is 19.1 Å². The average Bonchev–Trinajstić information content (AvgIpc) is 3.43. The van der Waals surface area contributed by atoms with Crippen molar-refractivity contribution in [1.82, 2.24) is 29.7 Å². The molecule has 10 heteroatoms. The Kier molecular flexibility index (Phi) is 9.11. The van der Waals surface area contributed by atoms with E-state index < -0.39 is 0 Å². The largest absolute Gasteiger partial charge is 0.497 e. The van der Waals surface area contributed by atoms with Gasteiger partial charge in [-0.3, -0.25) is 9.67 Å². The van der Waals surface area contributed by atoms with Crippen LogP contribution in [-0.4, -0.2) is 57.6 Å². The monoisotopic (exact) mass is 541 g/mol. The molecule has 0 aliphatic heterocycles. The van der Waals surface area contributed by atoms with Gasteiger partial charge in [0, 0.05) is 61.0 Å². The molecule has 3 aromatic heterocycles. The van der Waals surface area contributed by atoms with Gasteiger partial charge in [-0.15, -0.1) is 0 Å². The topological polar surface area (TPSA) is 100 Å². The molecule has 0 aliphatic rings. The molecular formula is C30H35N7O3. The molecule has 0 fully saturated rings. The number of hydrogen-bond donors (Lipinski definition) is 0. The van der Waals surface area contributed by atoms with Crippen LogP contribution in [0.15, 0.2) is 67.4 Å². The molecule has 0 amide bonds. The number of aromatic nitrogens is 6. The summed E-state index contributed by atoms with van der Waals surface area (Å²) in [5.41, 5.74) is 6.44. The summed E-state index contributed by atoms with van der Waals surface area (Å²) < 4.78 is 17.6. The van der Waals surface area contributed by atoms with Crippen molar-refractivity contribution in [1.29, 1.82) is 0 Å². The molecule has 3 heterocycles. The van der Waals surface area contributed by atoms with E-state index in [9.17, 15) is 0 Å². The van der Waals surface area contributed by atoms with Crippen molar-refractivity contribution in [2.24, 2.45) is 7.05 Å². The van der Waals surface area contributed by atoms with Crippen LogP contribution < -0.4 is 19.1 Å². The second-order valence-corrected chi connectivity index (χ2v) is 9.29. The second kappa shape index (κ2) is 12.9. The van der Waals surface area contributed by atoms with Gasteiger partial charge in [-0.05, 0) is 31.0 Å². The highest BCUT2D eigenvalue weighted by molar-refractivity contribution is 5.82. The summed E-state index contributed by atoms with van der Waals surface area (Å²) in [6.45, 7) is 7.05. The zero-order chi connectivity index (χ0) is 28.6. The smallest absolute Gasteiger partial charge is 0.216 e. The summed E-state index contributed by atoms with van der Waals surface area (Å²) in [4.78, 5) is 19.6. The lowest BCUT2D eigenvalue weighted by molar-refractivity contribution is 0.394. The van der Waals surface area contributed by atoms with Crippen LogP contribution in [0.3, 0.4) is 0 Å². The molecule has 0 spiro atoms. The van der Waals surface area contributed by atoms with E-state index in [2.05, 4.69) is 57.9 Å². The molecule has 0 bridgehead atoms. The number of nitrogens with zero attached hydrogens (tertiary/aromatic N) is 7. The molecule has 0 N–H and O–H groups in total. The fourth-order valence-electron chi connectivity index (χ4n) is 4.10. The maximum absolute atomic E-state index is 5.43. The van der Waals surface area contributed by atoms with Gasteiger partial charge in [0.05, 0.1) is 56.1 Å². The Balaban J connectivity index is 0.000000283. The van der Waals surface area contributed by atoms with Gasteiger partial charge >= 0.3 is 0 Å². The van der Waals surface area contributed by atoms with Gasteiger partial charge in [0.25, 0.3) is 0 Å². The number of rotatable bonds is 8. The third-order valence-corrected chi connectivity index (χ3v) is 6.27. The predicted octanol–water partition coefficient (Wildman–Crippen LogP) is 5.81. The van der Waals surface area contributed by atoms with Crippen molar-refractivity contribution in [3.8, 4) is 28.6 Å². The standard InChI is InChI=1S/C22H23N5O2.C8H12N2O/c1-5-27(17-8-18(28-3)11-19(9-17)29-4)16-6-7-20-21(10-16)25-22(13-23-20)15-12-24-26(2)14-15;1-6(2)7-4-8(11-3)10-5-9-7/h6-14H,5H2,1-4H3;4-6H,1-3H3. The summed E-state index contributed by atoms with van der Waals surface area (Å²) in [6, 6.07) is 13.8. The predicted molar refractivity (Wildman–Crippen MR) is 157 cm³/mol. The first-order valence-electron chi connectivity index (χ1n) is 13.0. The average molecular weight is 542 g/mol. The molecule has 0 aliphatic carbocycles. The molecule has 0 atom stereocenters. The van der Waals surface area contributed by atoms with Crippen LogP contribution in [0, 0.1) is 0 Å². The van der Waals surface area contributed by atoms with E-state index in [4.69, 9.17) is 19.2 Å². The number of anilines is 2. The molecule has 2 aromatic carbocycles. The van der Waals surface area contributed by atoms with Gasteiger partial charge in [-0.2, -0.15) is 5.10 Å². The number of methoxy groups -OCH3 is 3. The van der Waals surface area contributed by atoms with Gasteiger partial charge in [0.15, 0.2) is 0 Å². The molecule has 10 nitrogen and oxygen atoms in total. The SMILES string of the molecule is CCN(c1cc(OC)cc(OC)c1)c1ccc2ncc(-c3cnn(C)c3)nc2c1.COc1cc(C(C)C)ncn1. The normalized spacial score (nSPS) is 10.7. The van der Waals surface area contributed by atoms with Crippen LogP contribution in [0.25, 0.3) is 22.3 Å². The minimum atomic E-state index is 0.423. The van der Waals surface area contributed by atoms with E-state index in [1.807, 2.05) is 43.6 Å². The molecule has 5 rings (SSSR count). The van der Waals surface area contributed by atoms with Crippen molar-refractivity contribution >= 4 is 22.4 Å². The first kappa shape index (κ1) is 28.3. The van der Waals surface area contributed by atoms with E-state index in [1.165, 1.54) is 6.33 Å². The summed E-state index contributed by atoms with van der Waals surface area (Å²) >= 11 is 0. The highest BCUT2D eigenvalue weighted by atomic mass is 16.5. The van der Waals surface area contributed by atoms with Crippen molar-refractivity contribution in [3.63, 3.8) is 0 Å². The van der Waals surface area contributed by atoms with Crippen molar-refractivity contribution in [3.05, 3.63) is 73.1 Å². The minimum absolute atomic E-state index is 0.423. The van der Waals surface area contributed by atoms with E-state index in [0.717, 1.165) is 57.4 Å². The lowest BCUT2D eigenvalue weighted by Crippen LogP contribution is -2.16. The molecule has 0 saturated carbocycles. The van der Waals surface area contributed by atoms with Crippen molar-refractivity contribution in [2.45, 2.75) is 26.7 Å². The maximum atomic E-state index is 5.43. The summed E-state index contributed by atoms with van der Waals surface area (Å²) in [7, 11) is 6.80. The van der Waals surface area contributed by atoms with E-state index in [0.29, 0.717) is 11.8 Å². The number of ether oxygens (including phenoxy) is 3. The number of benzene rings is 2. The zero-order valence-corrected chi connectivity index (χ0v) is 24.0. The van der Waals surface area contributed by atoms with Gasteiger partial charge in [-0.1, -0.05) is 13.8 Å². The Hall–Kier alpha value is -4.73. The molecule has 208 valence electrons. The van der Waals surface area contributed by atoms with E-state index >= 15 is 0 Å². The highest BCUT2D eigenvalue weighted by Crippen LogP contribution is 2.34. The van der Waals surface area contributed by atoms with Gasteiger partial charge in [-0.25, -0.2) is 15.0 Å². The summed E-state index contributed by atoms with van der Waals surface area (Å²) in [6.07, 6.45) is 7.03. The van der Waals surface area contributed by atoms with Crippen molar-refractivity contribution < 1.29 is 14.2 Å². The Bertz CT molecular complexity index is 1550. The minimum Gasteiger partial charge on any atom is -0.497 e. The zero-order valence-electron chi connectivity index (χ0n) is 24.0. The Morgan fingerprint density at radius 2 is 1.57 bits per heavy atom. The lowest BCUT2D eigenvalue weighted by atomic mass is 10.1.